The van der Waals surface area contributed by atoms with Crippen molar-refractivity contribution in [2.45, 2.75) is 18.9 Å². The minimum Gasteiger partial charge on any atom is -0.387 e. The number of nitrogens with one attached hydrogen (secondary N) is 3. The highest BCUT2D eigenvalue weighted by molar-refractivity contribution is 5.91. The third-order valence-corrected chi connectivity index (χ3v) is 4.14. The van der Waals surface area contributed by atoms with Gasteiger partial charge in [0.15, 0.2) is 0 Å². The third kappa shape index (κ3) is 6.02. The molecule has 0 saturated heterocycles. The van der Waals surface area contributed by atoms with Crippen LogP contribution in [-0.4, -0.2) is 39.3 Å². The number of amides is 1. The molecular weight excluding hydrogens is 342 g/mol. The molecule has 7 nitrogen and oxygen atoms in total. The zero-order valence-corrected chi connectivity index (χ0v) is 14.9. The number of benzene rings is 2. The fraction of sp³-hybridized carbons (Fsp3) is 0.250. The first-order valence-corrected chi connectivity index (χ1v) is 8.87. The van der Waals surface area contributed by atoms with Gasteiger partial charge >= 0.3 is 0 Å². The van der Waals surface area contributed by atoms with E-state index < -0.39 is 6.10 Å². The van der Waals surface area contributed by atoms with E-state index in [1.54, 1.807) is 0 Å². The smallest absolute Gasteiger partial charge is 0.232 e. The maximum Gasteiger partial charge on any atom is 0.232 e. The number of anilines is 1. The monoisotopic (exact) mass is 365 g/mol. The van der Waals surface area contributed by atoms with E-state index in [2.05, 4.69) is 25.8 Å². The number of H-pyrrole nitrogens is 1. The van der Waals surface area contributed by atoms with Crippen LogP contribution in [0.5, 0.6) is 0 Å². The van der Waals surface area contributed by atoms with Crippen LogP contribution in [0.25, 0.3) is 0 Å². The summed E-state index contributed by atoms with van der Waals surface area (Å²) in [5.74, 6) is 0.393. The second-order valence-corrected chi connectivity index (χ2v) is 6.23. The summed E-state index contributed by atoms with van der Waals surface area (Å²) >= 11 is 0. The quantitative estimate of drug-likeness (QED) is 0.433. The van der Waals surface area contributed by atoms with E-state index in [4.69, 9.17) is 0 Å². The van der Waals surface area contributed by atoms with Gasteiger partial charge in [-0.05, 0) is 36.2 Å². The molecule has 4 N–H and O–H groups in total. The first-order chi connectivity index (χ1) is 13.2. The summed E-state index contributed by atoms with van der Waals surface area (Å²) in [6.07, 6.45) is 1.88. The van der Waals surface area contributed by atoms with Crippen LogP contribution in [0.2, 0.25) is 0 Å². The van der Waals surface area contributed by atoms with Crippen molar-refractivity contribution in [2.75, 3.05) is 18.4 Å². The number of aromatic nitrogens is 3. The Morgan fingerprint density at radius 1 is 1.11 bits per heavy atom. The normalized spacial score (nSPS) is 11.9. The van der Waals surface area contributed by atoms with Gasteiger partial charge in [-0.15, -0.1) is 0 Å². The Hall–Kier alpha value is -3.03. The van der Waals surface area contributed by atoms with Gasteiger partial charge in [-0.2, -0.15) is 5.10 Å². The lowest BCUT2D eigenvalue weighted by Crippen LogP contribution is -2.23. The molecular formula is C20H23N5O2. The number of aromatic amines is 1. The molecule has 1 amide bonds. The molecule has 0 unspecified atom stereocenters. The lowest BCUT2D eigenvalue weighted by molar-refractivity contribution is -0.115. The predicted octanol–water partition coefficient (Wildman–Crippen LogP) is 1.85. The Morgan fingerprint density at radius 3 is 2.59 bits per heavy atom. The Morgan fingerprint density at radius 2 is 1.89 bits per heavy atom. The second-order valence-electron chi connectivity index (χ2n) is 6.23. The maximum absolute atomic E-state index is 11.9. The van der Waals surface area contributed by atoms with E-state index in [0.717, 1.165) is 29.8 Å². The molecule has 0 bridgehead atoms. The number of rotatable bonds is 9. The summed E-state index contributed by atoms with van der Waals surface area (Å²) in [6, 6.07) is 17.3. The fourth-order valence-corrected chi connectivity index (χ4v) is 2.69. The van der Waals surface area contributed by atoms with Gasteiger partial charge in [0.1, 0.15) is 12.2 Å². The number of aliphatic hydroxyl groups excluding tert-OH is 1. The molecule has 1 atom stereocenters. The summed E-state index contributed by atoms with van der Waals surface area (Å²) in [5.41, 5.74) is 2.82. The zero-order valence-electron chi connectivity index (χ0n) is 14.9. The van der Waals surface area contributed by atoms with E-state index >= 15 is 0 Å². The van der Waals surface area contributed by atoms with Crippen LogP contribution in [0.3, 0.4) is 0 Å². The Bertz CT molecular complexity index is 819. The predicted molar refractivity (Wildman–Crippen MR) is 103 cm³/mol. The third-order valence-electron chi connectivity index (χ3n) is 4.14. The van der Waals surface area contributed by atoms with Gasteiger partial charge in [0.25, 0.3) is 0 Å². The van der Waals surface area contributed by atoms with E-state index in [1.807, 2.05) is 54.6 Å². The lowest BCUT2D eigenvalue weighted by atomic mass is 10.1. The molecule has 27 heavy (non-hydrogen) atoms. The van der Waals surface area contributed by atoms with E-state index in [0.29, 0.717) is 12.4 Å². The molecule has 0 fully saturated rings. The van der Waals surface area contributed by atoms with Crippen LogP contribution in [0, 0.1) is 0 Å². The van der Waals surface area contributed by atoms with E-state index in [1.165, 1.54) is 6.33 Å². The Balaban J connectivity index is 1.38. The minimum absolute atomic E-state index is 0.143. The lowest BCUT2D eigenvalue weighted by Gasteiger charge is -2.12. The summed E-state index contributed by atoms with van der Waals surface area (Å²) in [4.78, 5) is 15.9. The molecule has 1 aromatic heterocycles. The van der Waals surface area contributed by atoms with Gasteiger partial charge in [0, 0.05) is 12.2 Å². The Kier molecular flexibility index (Phi) is 6.67. The number of nitrogens with zero attached hydrogens (tertiary/aromatic N) is 2. The van der Waals surface area contributed by atoms with Gasteiger partial charge in [-0.3, -0.25) is 9.89 Å². The van der Waals surface area contributed by atoms with E-state index in [-0.39, 0.29) is 12.3 Å². The molecule has 0 radical (unpaired) electrons. The molecule has 140 valence electrons. The van der Waals surface area contributed by atoms with Crippen molar-refractivity contribution in [1.29, 1.82) is 0 Å². The molecule has 0 aliphatic carbocycles. The first-order valence-electron chi connectivity index (χ1n) is 8.87. The van der Waals surface area contributed by atoms with Gasteiger partial charge in [-0.1, -0.05) is 42.5 Å². The highest BCUT2D eigenvalue weighted by Gasteiger charge is 2.07. The maximum atomic E-state index is 11.9. The van der Waals surface area contributed by atoms with Crippen molar-refractivity contribution in [3.8, 4) is 0 Å². The van der Waals surface area contributed by atoms with Crippen LogP contribution < -0.4 is 10.6 Å². The van der Waals surface area contributed by atoms with Gasteiger partial charge in [0.05, 0.1) is 12.5 Å². The first kappa shape index (κ1) is 18.8. The van der Waals surface area contributed by atoms with Crippen molar-refractivity contribution >= 4 is 11.6 Å². The van der Waals surface area contributed by atoms with Crippen molar-refractivity contribution in [3.63, 3.8) is 0 Å². The summed E-state index contributed by atoms with van der Waals surface area (Å²) in [5, 5.41) is 22.6. The minimum atomic E-state index is -0.506. The molecule has 0 saturated carbocycles. The molecule has 0 aliphatic rings. The van der Waals surface area contributed by atoms with Crippen LogP contribution in [0.4, 0.5) is 5.69 Å². The zero-order chi connectivity index (χ0) is 18.9. The number of carbonyl (C=O) groups is 1. The highest BCUT2D eigenvalue weighted by Crippen LogP contribution is 2.12. The second kappa shape index (κ2) is 9.61. The largest absolute Gasteiger partial charge is 0.387 e. The molecule has 3 rings (SSSR count). The van der Waals surface area contributed by atoms with Gasteiger partial charge in [0.2, 0.25) is 5.91 Å². The highest BCUT2D eigenvalue weighted by atomic mass is 16.3. The molecule has 2 aromatic carbocycles. The average molecular weight is 365 g/mol. The summed E-state index contributed by atoms with van der Waals surface area (Å²) < 4.78 is 0. The van der Waals surface area contributed by atoms with Crippen LogP contribution in [0.1, 0.15) is 23.1 Å². The molecule has 0 aliphatic heterocycles. The van der Waals surface area contributed by atoms with Crippen LogP contribution >= 0.6 is 0 Å². The summed E-state index contributed by atoms with van der Waals surface area (Å²) in [6.45, 7) is 1.28. The average Bonchev–Trinajstić information content (AvgIpc) is 3.20. The van der Waals surface area contributed by atoms with E-state index in [9.17, 15) is 9.90 Å². The number of carbonyl (C=O) groups excluding carboxylic acids is 1. The molecule has 0 spiro atoms. The standard InChI is InChI=1S/C20H23N5O2/c26-18(16-4-2-1-3-5-16)13-21-11-10-15-6-8-17(9-7-15)24-20(27)12-19-22-14-23-25-19/h1-9,14,18,21,26H,10-13H2,(H,24,27)(H,22,23,25)/t18-/m0/s1. The fourth-order valence-electron chi connectivity index (χ4n) is 2.69. The van der Waals surface area contributed by atoms with Crippen molar-refractivity contribution in [1.82, 2.24) is 20.5 Å². The number of aliphatic hydroxyl groups is 1. The molecule has 3 aromatic rings. The van der Waals surface area contributed by atoms with Crippen LogP contribution in [0.15, 0.2) is 60.9 Å². The van der Waals surface area contributed by atoms with Crippen LogP contribution in [-0.2, 0) is 17.6 Å². The van der Waals surface area contributed by atoms with Crippen molar-refractivity contribution in [3.05, 3.63) is 77.9 Å². The summed E-state index contributed by atoms with van der Waals surface area (Å²) in [7, 11) is 0. The molecule has 7 heteroatoms. The molecule has 1 heterocycles. The number of hydrogen-bond donors (Lipinski definition) is 4. The SMILES string of the molecule is O=C(Cc1ncn[nH]1)Nc1ccc(CCNC[C@H](O)c2ccccc2)cc1. The number of hydrogen-bond acceptors (Lipinski definition) is 5. The topological polar surface area (TPSA) is 103 Å². The van der Waals surface area contributed by atoms with Gasteiger partial charge in [-0.25, -0.2) is 4.98 Å². The van der Waals surface area contributed by atoms with Crippen molar-refractivity contribution in [2.24, 2.45) is 0 Å². The van der Waals surface area contributed by atoms with Crippen molar-refractivity contribution < 1.29 is 9.90 Å². The van der Waals surface area contributed by atoms with Gasteiger partial charge < -0.3 is 15.7 Å². The Labute approximate surface area is 157 Å².